The van der Waals surface area contributed by atoms with Crippen molar-refractivity contribution in [3.63, 3.8) is 0 Å². The second-order valence-corrected chi connectivity index (χ2v) is 4.73. The molecule has 0 saturated heterocycles. The van der Waals surface area contributed by atoms with Crippen LogP contribution in [0, 0.1) is 0 Å². The molecule has 20 heavy (non-hydrogen) atoms. The van der Waals surface area contributed by atoms with Crippen molar-refractivity contribution in [3.8, 4) is 5.75 Å². The van der Waals surface area contributed by atoms with Crippen LogP contribution in [0.5, 0.6) is 5.75 Å². The fourth-order valence-electron chi connectivity index (χ4n) is 1.65. The van der Waals surface area contributed by atoms with Gasteiger partial charge in [-0.05, 0) is 37.5 Å². The molecular formula is C15H24N2O3. The molecule has 1 aromatic rings. The largest absolute Gasteiger partial charge is 0.494 e. The van der Waals surface area contributed by atoms with Crippen LogP contribution in [0.15, 0.2) is 24.3 Å². The Labute approximate surface area is 120 Å². The van der Waals surface area contributed by atoms with Crippen molar-refractivity contribution in [1.29, 1.82) is 0 Å². The van der Waals surface area contributed by atoms with Gasteiger partial charge in [-0.2, -0.15) is 0 Å². The molecule has 0 bridgehead atoms. The molecule has 112 valence electrons. The molecular weight excluding hydrogens is 256 g/mol. The molecule has 0 aromatic heterocycles. The van der Waals surface area contributed by atoms with Crippen molar-refractivity contribution >= 4 is 6.03 Å². The van der Waals surface area contributed by atoms with E-state index < -0.39 is 0 Å². The minimum Gasteiger partial charge on any atom is -0.494 e. The van der Waals surface area contributed by atoms with E-state index in [0.717, 1.165) is 24.2 Å². The predicted octanol–water partition coefficient (Wildman–Crippen LogP) is 1.70. The summed E-state index contributed by atoms with van der Waals surface area (Å²) in [7, 11) is 0. The summed E-state index contributed by atoms with van der Waals surface area (Å²) in [6, 6.07) is 7.39. The standard InChI is InChI=1S/C15H24N2O3/c1-3-9-20-14-6-4-5-13(10-14)7-8-16-15(19)17-12(2)11-18/h4-6,10,12,18H,3,7-9,11H2,1-2H3,(H2,16,17,19)/t12-/m0/s1. The molecule has 0 fully saturated rings. The van der Waals surface area contributed by atoms with E-state index in [-0.39, 0.29) is 18.7 Å². The van der Waals surface area contributed by atoms with Crippen LogP contribution in [0.3, 0.4) is 0 Å². The first-order valence-corrected chi connectivity index (χ1v) is 7.02. The highest BCUT2D eigenvalue weighted by Crippen LogP contribution is 2.13. The molecule has 0 saturated carbocycles. The van der Waals surface area contributed by atoms with E-state index in [2.05, 4.69) is 17.6 Å². The zero-order valence-corrected chi connectivity index (χ0v) is 12.2. The molecule has 0 unspecified atom stereocenters. The van der Waals surface area contributed by atoms with Crippen molar-refractivity contribution < 1.29 is 14.6 Å². The summed E-state index contributed by atoms with van der Waals surface area (Å²) in [4.78, 5) is 11.5. The first-order chi connectivity index (χ1) is 9.65. The van der Waals surface area contributed by atoms with E-state index in [4.69, 9.17) is 9.84 Å². The quantitative estimate of drug-likeness (QED) is 0.679. The van der Waals surface area contributed by atoms with Gasteiger partial charge in [-0.3, -0.25) is 0 Å². The molecule has 1 aromatic carbocycles. The number of rotatable bonds is 8. The Kier molecular flexibility index (Phi) is 7.50. The second-order valence-electron chi connectivity index (χ2n) is 4.73. The van der Waals surface area contributed by atoms with Gasteiger partial charge in [0.25, 0.3) is 0 Å². The van der Waals surface area contributed by atoms with Gasteiger partial charge in [0.15, 0.2) is 0 Å². The van der Waals surface area contributed by atoms with E-state index >= 15 is 0 Å². The van der Waals surface area contributed by atoms with E-state index in [9.17, 15) is 4.79 Å². The Hall–Kier alpha value is -1.75. The van der Waals surface area contributed by atoms with Crippen molar-refractivity contribution in [2.45, 2.75) is 32.7 Å². The number of carbonyl (C=O) groups excluding carboxylic acids is 1. The summed E-state index contributed by atoms with van der Waals surface area (Å²) in [6.07, 6.45) is 1.72. The van der Waals surface area contributed by atoms with Crippen molar-refractivity contribution in [2.24, 2.45) is 0 Å². The molecule has 0 radical (unpaired) electrons. The number of hydrogen-bond acceptors (Lipinski definition) is 3. The zero-order valence-electron chi connectivity index (χ0n) is 12.2. The molecule has 0 aliphatic rings. The number of benzene rings is 1. The Morgan fingerprint density at radius 3 is 2.95 bits per heavy atom. The third-order valence-corrected chi connectivity index (χ3v) is 2.72. The van der Waals surface area contributed by atoms with Crippen LogP contribution >= 0.6 is 0 Å². The molecule has 1 rings (SSSR count). The predicted molar refractivity (Wildman–Crippen MR) is 79.0 cm³/mol. The number of nitrogens with one attached hydrogen (secondary N) is 2. The lowest BCUT2D eigenvalue weighted by molar-refractivity contribution is 0.220. The van der Waals surface area contributed by atoms with Crippen molar-refractivity contribution in [2.75, 3.05) is 19.8 Å². The normalized spacial score (nSPS) is 11.8. The topological polar surface area (TPSA) is 70.6 Å². The lowest BCUT2D eigenvalue weighted by atomic mass is 10.1. The van der Waals surface area contributed by atoms with Gasteiger partial charge in [-0.15, -0.1) is 0 Å². The first kappa shape index (κ1) is 16.3. The molecule has 0 aliphatic heterocycles. The summed E-state index contributed by atoms with van der Waals surface area (Å²) in [6.45, 7) is 5.00. The fraction of sp³-hybridized carbons (Fsp3) is 0.533. The minimum absolute atomic E-state index is 0.0652. The number of urea groups is 1. The van der Waals surface area contributed by atoms with Crippen LogP contribution in [0.1, 0.15) is 25.8 Å². The molecule has 1 atom stereocenters. The maximum absolute atomic E-state index is 11.5. The highest BCUT2D eigenvalue weighted by Gasteiger charge is 2.04. The van der Waals surface area contributed by atoms with Crippen LogP contribution < -0.4 is 15.4 Å². The minimum atomic E-state index is -0.259. The molecule has 0 heterocycles. The molecule has 5 nitrogen and oxygen atoms in total. The van der Waals surface area contributed by atoms with Crippen LogP contribution in [-0.4, -0.2) is 36.9 Å². The van der Waals surface area contributed by atoms with Gasteiger partial charge in [0.2, 0.25) is 0 Å². The number of amides is 2. The van der Waals surface area contributed by atoms with E-state index in [0.29, 0.717) is 13.2 Å². The average Bonchev–Trinajstić information content (AvgIpc) is 2.45. The van der Waals surface area contributed by atoms with Crippen LogP contribution in [0.4, 0.5) is 4.79 Å². The summed E-state index contributed by atoms with van der Waals surface area (Å²) in [5, 5.41) is 14.2. The van der Waals surface area contributed by atoms with Gasteiger partial charge < -0.3 is 20.5 Å². The first-order valence-electron chi connectivity index (χ1n) is 7.02. The van der Waals surface area contributed by atoms with Crippen molar-refractivity contribution in [1.82, 2.24) is 10.6 Å². The average molecular weight is 280 g/mol. The number of hydrogen-bond donors (Lipinski definition) is 3. The van der Waals surface area contributed by atoms with E-state index in [1.165, 1.54) is 0 Å². The van der Waals surface area contributed by atoms with Gasteiger partial charge in [-0.1, -0.05) is 19.1 Å². The molecule has 0 spiro atoms. The Bertz CT molecular complexity index is 410. The Balaban J connectivity index is 2.32. The van der Waals surface area contributed by atoms with Gasteiger partial charge in [0.1, 0.15) is 5.75 Å². The van der Waals surface area contributed by atoms with E-state index in [1.54, 1.807) is 6.92 Å². The van der Waals surface area contributed by atoms with Crippen LogP contribution in [0.2, 0.25) is 0 Å². The van der Waals surface area contributed by atoms with Gasteiger partial charge in [0.05, 0.1) is 19.3 Å². The maximum Gasteiger partial charge on any atom is 0.315 e. The monoisotopic (exact) mass is 280 g/mol. The number of aliphatic hydroxyl groups excluding tert-OH is 1. The molecule has 3 N–H and O–H groups in total. The van der Waals surface area contributed by atoms with Crippen LogP contribution in [0.25, 0.3) is 0 Å². The van der Waals surface area contributed by atoms with Gasteiger partial charge >= 0.3 is 6.03 Å². The van der Waals surface area contributed by atoms with E-state index in [1.807, 2.05) is 24.3 Å². The third kappa shape index (κ3) is 6.43. The molecule has 2 amide bonds. The Morgan fingerprint density at radius 2 is 2.25 bits per heavy atom. The smallest absolute Gasteiger partial charge is 0.315 e. The third-order valence-electron chi connectivity index (χ3n) is 2.72. The second kappa shape index (κ2) is 9.20. The highest BCUT2D eigenvalue weighted by molar-refractivity contribution is 5.74. The highest BCUT2D eigenvalue weighted by atomic mass is 16.5. The zero-order chi connectivity index (χ0) is 14.8. The fourth-order valence-corrected chi connectivity index (χ4v) is 1.65. The summed E-state index contributed by atoms with van der Waals surface area (Å²) >= 11 is 0. The van der Waals surface area contributed by atoms with Gasteiger partial charge in [0, 0.05) is 6.54 Å². The lowest BCUT2D eigenvalue weighted by Gasteiger charge is -2.12. The van der Waals surface area contributed by atoms with Crippen molar-refractivity contribution in [3.05, 3.63) is 29.8 Å². The SMILES string of the molecule is CCCOc1cccc(CCNC(=O)N[C@@H](C)CO)c1. The summed E-state index contributed by atoms with van der Waals surface area (Å²) < 4.78 is 5.56. The maximum atomic E-state index is 11.5. The molecule has 0 aliphatic carbocycles. The Morgan fingerprint density at radius 1 is 1.45 bits per heavy atom. The van der Waals surface area contributed by atoms with Gasteiger partial charge in [-0.25, -0.2) is 4.79 Å². The lowest BCUT2D eigenvalue weighted by Crippen LogP contribution is -2.42. The number of ether oxygens (including phenoxy) is 1. The number of aliphatic hydroxyl groups is 1. The number of carbonyl (C=O) groups is 1. The summed E-state index contributed by atoms with van der Waals surface area (Å²) in [5.41, 5.74) is 1.12. The summed E-state index contributed by atoms with van der Waals surface area (Å²) in [5.74, 6) is 0.864. The van der Waals surface area contributed by atoms with Crippen LogP contribution in [-0.2, 0) is 6.42 Å². The molecule has 5 heteroatoms.